The van der Waals surface area contributed by atoms with Gasteiger partial charge in [0.05, 0.1) is 11.4 Å². The van der Waals surface area contributed by atoms with E-state index in [0.717, 1.165) is 48.4 Å². The van der Waals surface area contributed by atoms with Crippen LogP contribution in [0.2, 0.25) is 0 Å². The first-order valence-electron chi connectivity index (χ1n) is 7.27. The number of aryl methyl sites for hydroxylation is 1. The second-order valence-corrected chi connectivity index (χ2v) is 5.28. The average molecular weight is 270 g/mol. The smallest absolute Gasteiger partial charge is 0.123 e. The summed E-state index contributed by atoms with van der Waals surface area (Å²) < 4.78 is 13.4. The molecule has 104 valence electrons. The Hall–Kier alpha value is -1.90. The lowest BCUT2D eigenvalue weighted by Gasteiger charge is -2.21. The predicted molar refractivity (Wildman–Crippen MR) is 79.6 cm³/mol. The highest BCUT2D eigenvalue weighted by Gasteiger charge is 2.17. The Morgan fingerprint density at radius 1 is 1.30 bits per heavy atom. The van der Waals surface area contributed by atoms with Crippen molar-refractivity contribution in [2.75, 3.05) is 11.9 Å². The molecular formula is C17H19FN2. The molecule has 3 rings (SSSR count). The number of aromatic nitrogens is 1. The summed E-state index contributed by atoms with van der Waals surface area (Å²) in [6.07, 6.45) is 3.07. The summed E-state index contributed by atoms with van der Waals surface area (Å²) in [6, 6.07) is 11.0. The van der Waals surface area contributed by atoms with E-state index >= 15 is 0 Å². The number of anilines is 1. The van der Waals surface area contributed by atoms with Crippen LogP contribution < -0.4 is 5.32 Å². The van der Waals surface area contributed by atoms with Gasteiger partial charge in [-0.15, -0.1) is 0 Å². The molecule has 2 nitrogen and oxygen atoms in total. The first-order valence-corrected chi connectivity index (χ1v) is 7.27. The molecule has 0 amide bonds. The van der Waals surface area contributed by atoms with E-state index in [1.54, 1.807) is 12.1 Å². The highest BCUT2D eigenvalue weighted by molar-refractivity contribution is 5.51. The number of pyridine rings is 1. The van der Waals surface area contributed by atoms with Crippen LogP contribution >= 0.6 is 0 Å². The normalized spacial score (nSPS) is 15.3. The van der Waals surface area contributed by atoms with Crippen LogP contribution in [0.4, 0.5) is 10.1 Å². The molecule has 20 heavy (non-hydrogen) atoms. The zero-order valence-electron chi connectivity index (χ0n) is 11.7. The van der Waals surface area contributed by atoms with Gasteiger partial charge in [0.2, 0.25) is 0 Å². The van der Waals surface area contributed by atoms with Crippen molar-refractivity contribution in [3.63, 3.8) is 0 Å². The molecule has 0 bridgehead atoms. The lowest BCUT2D eigenvalue weighted by atomic mass is 9.92. The van der Waals surface area contributed by atoms with Crippen molar-refractivity contribution in [1.29, 1.82) is 0 Å². The summed E-state index contributed by atoms with van der Waals surface area (Å²) in [7, 11) is 0. The summed E-state index contributed by atoms with van der Waals surface area (Å²) in [5, 5.41) is 3.37. The first kappa shape index (κ1) is 13.1. The molecule has 0 saturated carbocycles. The molecule has 1 aromatic heterocycles. The van der Waals surface area contributed by atoms with E-state index < -0.39 is 0 Å². The third kappa shape index (κ3) is 2.53. The Kier molecular flexibility index (Phi) is 3.68. The summed E-state index contributed by atoms with van der Waals surface area (Å²) in [5.74, 6) is -0.0153. The fourth-order valence-corrected chi connectivity index (χ4v) is 2.88. The number of halogens is 1. The summed E-state index contributed by atoms with van der Waals surface area (Å²) in [6.45, 7) is 3.14. The standard InChI is InChI=1S/C17H19FN2/c1-2-14(12-5-3-6-13(18)11-12)15-8-9-16-17(20-15)7-4-10-19-16/h3,5-6,8-9,11,14,19H,2,4,7,10H2,1H3. The predicted octanol–water partition coefficient (Wildman–Crippen LogP) is 4.12. The zero-order chi connectivity index (χ0) is 13.9. The summed E-state index contributed by atoms with van der Waals surface area (Å²) in [5.41, 5.74) is 4.34. The van der Waals surface area contributed by atoms with Crippen LogP contribution in [0.3, 0.4) is 0 Å². The van der Waals surface area contributed by atoms with E-state index in [4.69, 9.17) is 4.98 Å². The number of nitrogens with one attached hydrogen (secondary N) is 1. The number of hydrogen-bond donors (Lipinski definition) is 1. The van der Waals surface area contributed by atoms with Crippen molar-refractivity contribution in [2.24, 2.45) is 0 Å². The van der Waals surface area contributed by atoms with E-state index in [1.807, 2.05) is 6.07 Å². The van der Waals surface area contributed by atoms with Crippen molar-refractivity contribution >= 4 is 5.69 Å². The number of rotatable bonds is 3. The van der Waals surface area contributed by atoms with Gasteiger partial charge >= 0.3 is 0 Å². The SMILES string of the molecule is CCC(c1cccc(F)c1)c1ccc2c(n1)CCCN2. The lowest BCUT2D eigenvalue weighted by molar-refractivity contribution is 0.621. The molecular weight excluding hydrogens is 251 g/mol. The van der Waals surface area contributed by atoms with Crippen LogP contribution in [-0.4, -0.2) is 11.5 Å². The van der Waals surface area contributed by atoms with Crippen molar-refractivity contribution in [2.45, 2.75) is 32.1 Å². The highest BCUT2D eigenvalue weighted by atomic mass is 19.1. The number of hydrogen-bond acceptors (Lipinski definition) is 2. The maximum absolute atomic E-state index is 13.4. The summed E-state index contributed by atoms with van der Waals surface area (Å²) >= 11 is 0. The third-order valence-corrected chi connectivity index (χ3v) is 3.92. The molecule has 1 aliphatic rings. The molecule has 1 aliphatic heterocycles. The maximum atomic E-state index is 13.4. The van der Waals surface area contributed by atoms with Crippen molar-refractivity contribution in [3.8, 4) is 0 Å². The molecule has 1 atom stereocenters. The van der Waals surface area contributed by atoms with Crippen molar-refractivity contribution < 1.29 is 4.39 Å². The van der Waals surface area contributed by atoms with Gasteiger partial charge in [-0.05, 0) is 49.1 Å². The van der Waals surface area contributed by atoms with E-state index in [0.29, 0.717) is 0 Å². The molecule has 2 aromatic rings. The van der Waals surface area contributed by atoms with Crippen LogP contribution in [0.15, 0.2) is 36.4 Å². The Morgan fingerprint density at radius 3 is 3.00 bits per heavy atom. The van der Waals surface area contributed by atoms with Crippen LogP contribution in [0.25, 0.3) is 0 Å². The van der Waals surface area contributed by atoms with E-state index in [1.165, 1.54) is 6.07 Å². The fraction of sp³-hybridized carbons (Fsp3) is 0.353. The molecule has 0 aliphatic carbocycles. The van der Waals surface area contributed by atoms with Crippen LogP contribution in [0.1, 0.15) is 42.6 Å². The lowest BCUT2D eigenvalue weighted by Crippen LogP contribution is -2.15. The second kappa shape index (κ2) is 5.61. The van der Waals surface area contributed by atoms with Crippen LogP contribution in [0, 0.1) is 5.82 Å². The van der Waals surface area contributed by atoms with Crippen molar-refractivity contribution in [3.05, 3.63) is 59.2 Å². The largest absolute Gasteiger partial charge is 0.384 e. The summed E-state index contributed by atoms with van der Waals surface area (Å²) in [4.78, 5) is 4.81. The average Bonchev–Trinajstić information content (AvgIpc) is 2.48. The number of benzene rings is 1. The molecule has 1 N–H and O–H groups in total. The van der Waals surface area contributed by atoms with E-state index in [2.05, 4.69) is 24.4 Å². The van der Waals surface area contributed by atoms with Crippen molar-refractivity contribution in [1.82, 2.24) is 4.98 Å². The van der Waals surface area contributed by atoms with Gasteiger partial charge in [-0.25, -0.2) is 4.39 Å². The molecule has 0 spiro atoms. The number of fused-ring (bicyclic) bond motifs is 1. The first-order chi connectivity index (χ1) is 9.78. The molecule has 2 heterocycles. The van der Waals surface area contributed by atoms with Gasteiger partial charge in [-0.2, -0.15) is 0 Å². The molecule has 0 saturated heterocycles. The van der Waals surface area contributed by atoms with Crippen LogP contribution in [0.5, 0.6) is 0 Å². The molecule has 1 unspecified atom stereocenters. The Labute approximate surface area is 119 Å². The maximum Gasteiger partial charge on any atom is 0.123 e. The van der Waals surface area contributed by atoms with E-state index in [-0.39, 0.29) is 11.7 Å². The molecule has 3 heteroatoms. The van der Waals surface area contributed by atoms with Gasteiger partial charge in [0.25, 0.3) is 0 Å². The number of nitrogens with zero attached hydrogens (tertiary/aromatic N) is 1. The quantitative estimate of drug-likeness (QED) is 0.907. The van der Waals surface area contributed by atoms with Gasteiger partial charge in [0.15, 0.2) is 0 Å². The topological polar surface area (TPSA) is 24.9 Å². The monoisotopic (exact) mass is 270 g/mol. The molecule has 0 fully saturated rings. The van der Waals surface area contributed by atoms with Gasteiger partial charge in [-0.3, -0.25) is 4.98 Å². The van der Waals surface area contributed by atoms with E-state index in [9.17, 15) is 4.39 Å². The van der Waals surface area contributed by atoms with Gasteiger partial charge in [0.1, 0.15) is 5.82 Å². The van der Waals surface area contributed by atoms with Gasteiger partial charge in [-0.1, -0.05) is 19.1 Å². The highest BCUT2D eigenvalue weighted by Crippen LogP contribution is 2.29. The Balaban J connectivity index is 1.97. The van der Waals surface area contributed by atoms with Gasteiger partial charge in [0, 0.05) is 18.2 Å². The minimum Gasteiger partial charge on any atom is -0.384 e. The minimum atomic E-state index is -0.180. The minimum absolute atomic E-state index is 0.165. The third-order valence-electron chi connectivity index (χ3n) is 3.92. The van der Waals surface area contributed by atoms with Gasteiger partial charge < -0.3 is 5.32 Å². The molecule has 0 radical (unpaired) electrons. The Bertz CT molecular complexity index is 610. The molecule has 1 aromatic carbocycles. The zero-order valence-corrected chi connectivity index (χ0v) is 11.7. The second-order valence-electron chi connectivity index (χ2n) is 5.28. The Morgan fingerprint density at radius 2 is 2.20 bits per heavy atom. The van der Waals surface area contributed by atoms with Crippen LogP contribution in [-0.2, 0) is 6.42 Å². The fourth-order valence-electron chi connectivity index (χ4n) is 2.88.